The Morgan fingerprint density at radius 3 is 1.50 bits per heavy atom. The molecule has 0 rings (SSSR count). The molecule has 1 nitrogen and oxygen atoms in total. The van der Waals surface area contributed by atoms with Crippen LogP contribution in [0.2, 0.25) is 0 Å². The van der Waals surface area contributed by atoms with Gasteiger partial charge >= 0.3 is 69.7 Å². The van der Waals surface area contributed by atoms with Crippen LogP contribution in [-0.2, 0) is 0 Å². The van der Waals surface area contributed by atoms with E-state index in [-0.39, 0.29) is 51.4 Å². The third kappa shape index (κ3) is 3.15. The van der Waals surface area contributed by atoms with Crippen LogP contribution >= 0.6 is 0 Å². The fraction of sp³-hybridized carbons (Fsp3) is 1.00. The summed E-state index contributed by atoms with van der Waals surface area (Å²) < 4.78 is 68.8. The van der Waals surface area contributed by atoms with E-state index in [2.05, 4.69) is 0 Å². The summed E-state index contributed by atoms with van der Waals surface area (Å²) >= 11 is 0. The molecule has 0 spiro atoms. The molecule has 0 unspecified atom stereocenters. The first kappa shape index (κ1) is 15.6. The zero-order chi connectivity index (χ0) is 9.28. The third-order valence-electron chi connectivity index (χ3n) is 0.943. The van der Waals surface area contributed by atoms with Gasteiger partial charge in [-0.3, -0.25) is 0 Å². The molecule has 0 amide bonds. The van der Waals surface area contributed by atoms with Gasteiger partial charge in [0, 0.05) is 0 Å². The van der Waals surface area contributed by atoms with E-state index < -0.39 is 24.9 Å². The van der Waals surface area contributed by atoms with Crippen LogP contribution in [0.3, 0.4) is 0 Å². The number of hydrogen-bond acceptors (Lipinski definition) is 1. The Morgan fingerprint density at radius 1 is 1.08 bits per heavy atom. The summed E-state index contributed by atoms with van der Waals surface area (Å²) in [6.45, 7) is -2.55. The maximum absolute atomic E-state index is 11.6. The predicted octanol–water partition coefficient (Wildman–Crippen LogP) is -2.11. The van der Waals surface area contributed by atoms with Crippen LogP contribution in [0.15, 0.2) is 0 Å². The molecule has 0 aliphatic carbocycles. The molecule has 0 atom stereocenters. The Labute approximate surface area is 107 Å². The first-order chi connectivity index (χ1) is 4.75. The SMILES string of the molecule is [K+].[O-]CC(F)(F)C(F)(F)C(F)F. The number of rotatable bonds is 3. The van der Waals surface area contributed by atoms with E-state index >= 15 is 0 Å². The quantitative estimate of drug-likeness (QED) is 0.394. The van der Waals surface area contributed by atoms with Crippen LogP contribution in [-0.4, -0.2) is 24.9 Å². The first-order valence-electron chi connectivity index (χ1n) is 2.37. The monoisotopic (exact) mass is 220 g/mol. The Morgan fingerprint density at radius 2 is 1.42 bits per heavy atom. The Balaban J connectivity index is 0. The van der Waals surface area contributed by atoms with Crippen molar-refractivity contribution in [2.24, 2.45) is 0 Å². The summed E-state index contributed by atoms with van der Waals surface area (Å²) in [5.74, 6) is -10.7. The van der Waals surface area contributed by atoms with Gasteiger partial charge in [0.05, 0.1) is 0 Å². The fourth-order valence-corrected chi connectivity index (χ4v) is 0.256. The minimum absolute atomic E-state index is 0. The van der Waals surface area contributed by atoms with Gasteiger partial charge in [0.1, 0.15) is 0 Å². The van der Waals surface area contributed by atoms with Crippen molar-refractivity contribution >= 4 is 0 Å². The molecule has 0 aliphatic rings. The zero-order valence-electron chi connectivity index (χ0n) is 5.96. The second-order valence-corrected chi connectivity index (χ2v) is 1.77. The average Bonchev–Trinajstić information content (AvgIpc) is 1.87. The molecule has 0 bridgehead atoms. The normalized spacial score (nSPS) is 13.0. The van der Waals surface area contributed by atoms with Crippen molar-refractivity contribution < 1.29 is 82.8 Å². The minimum Gasteiger partial charge on any atom is -0.850 e. The van der Waals surface area contributed by atoms with Crippen LogP contribution in [0.4, 0.5) is 26.3 Å². The molecule has 0 aliphatic heterocycles. The Hall–Kier alpha value is 1.18. The molecular formula is C4H3F6KO. The van der Waals surface area contributed by atoms with Crippen molar-refractivity contribution in [1.82, 2.24) is 0 Å². The molecule has 0 aromatic heterocycles. The molecule has 0 saturated carbocycles. The van der Waals surface area contributed by atoms with Crippen LogP contribution in [0.5, 0.6) is 0 Å². The number of alkyl halides is 6. The second kappa shape index (κ2) is 5.16. The van der Waals surface area contributed by atoms with E-state index in [9.17, 15) is 31.4 Å². The first-order valence-corrected chi connectivity index (χ1v) is 2.37. The van der Waals surface area contributed by atoms with E-state index in [4.69, 9.17) is 0 Å². The van der Waals surface area contributed by atoms with E-state index in [1.807, 2.05) is 0 Å². The molecule has 8 heteroatoms. The van der Waals surface area contributed by atoms with Gasteiger partial charge in [-0.05, 0) is 0 Å². The van der Waals surface area contributed by atoms with E-state index in [1.54, 1.807) is 0 Å². The maximum Gasteiger partial charge on any atom is 1.00 e. The number of hydrogen-bond donors (Lipinski definition) is 0. The molecule has 0 heterocycles. The van der Waals surface area contributed by atoms with Gasteiger partial charge in [-0.1, -0.05) is 6.61 Å². The van der Waals surface area contributed by atoms with Gasteiger partial charge in [0.2, 0.25) is 0 Å². The van der Waals surface area contributed by atoms with Crippen molar-refractivity contribution in [2.75, 3.05) is 6.61 Å². The van der Waals surface area contributed by atoms with Crippen molar-refractivity contribution in [1.29, 1.82) is 0 Å². The summed E-state index contributed by atoms with van der Waals surface area (Å²) in [4.78, 5) is 0. The van der Waals surface area contributed by atoms with Gasteiger partial charge < -0.3 is 5.11 Å². The third-order valence-corrected chi connectivity index (χ3v) is 0.943. The standard InChI is InChI=1S/C4H3F6O.K/c5-2(6)4(9,10)3(7,8)1-11;/h2H,1H2;/q-1;+1. The van der Waals surface area contributed by atoms with Crippen LogP contribution in [0.1, 0.15) is 0 Å². The van der Waals surface area contributed by atoms with Crippen LogP contribution < -0.4 is 56.5 Å². The summed E-state index contributed by atoms with van der Waals surface area (Å²) in [6.07, 6.45) is -4.52. The molecule has 0 aromatic rings. The van der Waals surface area contributed by atoms with E-state index in [0.29, 0.717) is 0 Å². The van der Waals surface area contributed by atoms with Gasteiger partial charge in [0.15, 0.2) is 0 Å². The topological polar surface area (TPSA) is 23.1 Å². The number of halogens is 6. The Kier molecular flexibility index (Phi) is 6.72. The largest absolute Gasteiger partial charge is 1.00 e. The van der Waals surface area contributed by atoms with E-state index in [1.165, 1.54) is 0 Å². The molecule has 0 radical (unpaired) electrons. The smallest absolute Gasteiger partial charge is 0.850 e. The van der Waals surface area contributed by atoms with Crippen LogP contribution in [0.25, 0.3) is 0 Å². The molecule has 0 fully saturated rings. The summed E-state index contributed by atoms with van der Waals surface area (Å²) in [5.41, 5.74) is 0. The summed E-state index contributed by atoms with van der Waals surface area (Å²) in [7, 11) is 0. The van der Waals surface area contributed by atoms with Crippen molar-refractivity contribution in [3.63, 3.8) is 0 Å². The van der Waals surface area contributed by atoms with Gasteiger partial charge in [0.25, 0.3) is 0 Å². The average molecular weight is 220 g/mol. The maximum atomic E-state index is 11.6. The Bertz CT molecular complexity index is 138. The molecule has 68 valence electrons. The van der Waals surface area contributed by atoms with E-state index in [0.717, 1.165) is 0 Å². The summed E-state index contributed by atoms with van der Waals surface area (Å²) in [5, 5.41) is 9.34. The zero-order valence-corrected chi connectivity index (χ0v) is 9.08. The predicted molar refractivity (Wildman–Crippen MR) is 20.8 cm³/mol. The molecule has 12 heavy (non-hydrogen) atoms. The van der Waals surface area contributed by atoms with Gasteiger partial charge in [-0.2, -0.15) is 8.78 Å². The molecule has 0 aromatic carbocycles. The van der Waals surface area contributed by atoms with Crippen molar-refractivity contribution in [3.05, 3.63) is 0 Å². The molecular weight excluding hydrogens is 217 g/mol. The fourth-order valence-electron chi connectivity index (χ4n) is 0.256. The van der Waals surface area contributed by atoms with Gasteiger partial charge in [-0.15, -0.1) is 0 Å². The minimum atomic E-state index is -5.53. The van der Waals surface area contributed by atoms with Crippen molar-refractivity contribution in [2.45, 2.75) is 18.3 Å². The molecule has 0 N–H and O–H groups in total. The summed E-state index contributed by atoms with van der Waals surface area (Å²) in [6, 6.07) is 0. The molecule has 0 saturated heterocycles. The van der Waals surface area contributed by atoms with Crippen molar-refractivity contribution in [3.8, 4) is 0 Å². The second-order valence-electron chi connectivity index (χ2n) is 1.77. The van der Waals surface area contributed by atoms with Gasteiger partial charge in [-0.25, -0.2) is 17.6 Å². The van der Waals surface area contributed by atoms with Crippen LogP contribution in [0, 0.1) is 0 Å².